The van der Waals surface area contributed by atoms with Crippen molar-refractivity contribution < 1.29 is 14.3 Å². The second kappa shape index (κ2) is 8.86. The second-order valence-electron chi connectivity index (χ2n) is 7.50. The van der Waals surface area contributed by atoms with Crippen molar-refractivity contribution in [3.8, 4) is 11.5 Å². The van der Waals surface area contributed by atoms with E-state index in [1.165, 1.54) is 11.1 Å². The number of likely N-dealkylation sites (tertiary alicyclic amines) is 1. The van der Waals surface area contributed by atoms with E-state index in [1.807, 2.05) is 23.1 Å². The fraction of sp³-hybridized carbons (Fsp3) is 0.273. The number of hydrogen-bond donors (Lipinski definition) is 2. The van der Waals surface area contributed by atoms with Crippen LogP contribution in [0.5, 0.6) is 11.5 Å². The topological polar surface area (TPSA) is 103 Å². The number of pyridine rings is 1. The van der Waals surface area contributed by atoms with Crippen LogP contribution in [0.4, 0.5) is 11.5 Å². The zero-order chi connectivity index (χ0) is 21.8. The molecule has 3 aromatic rings. The first-order valence-electron chi connectivity index (χ1n) is 10.0. The molecular weight excluding hydrogens is 396 g/mol. The van der Waals surface area contributed by atoms with E-state index in [4.69, 9.17) is 4.74 Å². The van der Waals surface area contributed by atoms with Gasteiger partial charge in [-0.05, 0) is 36.8 Å². The number of aromatic nitrogens is 3. The minimum absolute atomic E-state index is 0.143. The minimum Gasteiger partial charge on any atom is -0.455 e. The molecule has 0 bridgehead atoms. The Bertz CT molecular complexity index is 1060. The number of carbonyl (C=O) groups is 2. The number of nitrogens with zero attached hydrogens (tertiary/aromatic N) is 4. The number of amides is 2. The predicted molar refractivity (Wildman–Crippen MR) is 115 cm³/mol. The molecule has 2 aromatic heterocycles. The van der Waals surface area contributed by atoms with Crippen LogP contribution >= 0.6 is 0 Å². The van der Waals surface area contributed by atoms with Crippen LogP contribution in [-0.4, -0.2) is 57.2 Å². The highest BCUT2D eigenvalue weighted by Crippen LogP contribution is 2.31. The van der Waals surface area contributed by atoms with E-state index in [0.717, 1.165) is 24.2 Å². The molecule has 160 valence electrons. The van der Waals surface area contributed by atoms with Crippen LogP contribution in [0, 0.1) is 0 Å². The van der Waals surface area contributed by atoms with Gasteiger partial charge in [0.05, 0.1) is 12.5 Å². The molecule has 1 fully saturated rings. The second-order valence-corrected chi connectivity index (χ2v) is 7.50. The van der Waals surface area contributed by atoms with Crippen molar-refractivity contribution in [1.29, 1.82) is 0 Å². The summed E-state index contributed by atoms with van der Waals surface area (Å²) in [5.41, 5.74) is 2.05. The van der Waals surface area contributed by atoms with Gasteiger partial charge in [-0.2, -0.15) is 0 Å². The third kappa shape index (κ3) is 4.82. The van der Waals surface area contributed by atoms with Gasteiger partial charge in [0, 0.05) is 51.1 Å². The molecule has 0 aliphatic carbocycles. The molecule has 1 aromatic carbocycles. The summed E-state index contributed by atoms with van der Waals surface area (Å²) in [5, 5.41) is 3.23. The number of H-pyrrole nitrogens is 1. The normalized spacial score (nSPS) is 13.4. The molecule has 2 amide bonds. The predicted octanol–water partition coefficient (Wildman–Crippen LogP) is 3.16. The Morgan fingerprint density at radius 2 is 2.13 bits per heavy atom. The lowest BCUT2D eigenvalue weighted by Gasteiger charge is -2.19. The summed E-state index contributed by atoms with van der Waals surface area (Å²) in [5.74, 6) is 1.80. The number of ether oxygens (including phenoxy) is 1. The zero-order valence-electron chi connectivity index (χ0n) is 17.5. The molecular formula is C22H24N6O3. The van der Waals surface area contributed by atoms with E-state index in [0.29, 0.717) is 36.0 Å². The largest absolute Gasteiger partial charge is 0.455 e. The number of rotatable bonds is 7. The lowest BCUT2D eigenvalue weighted by Crippen LogP contribution is -2.24. The number of anilines is 2. The van der Waals surface area contributed by atoms with Crippen LogP contribution in [0.25, 0.3) is 0 Å². The zero-order valence-corrected chi connectivity index (χ0v) is 17.5. The molecule has 0 unspecified atom stereocenters. The molecule has 0 spiro atoms. The number of imidazole rings is 1. The van der Waals surface area contributed by atoms with E-state index in [9.17, 15) is 9.59 Å². The molecule has 0 saturated carbocycles. The Balaban J connectivity index is 1.57. The van der Waals surface area contributed by atoms with Crippen LogP contribution in [0.15, 0.2) is 49.1 Å². The SMILES string of the molecule is CN(C)C(=O)c1ccc(Oc2ccc(Nc3c[nH]cn3)cc2CN2CCCC2=O)cn1. The van der Waals surface area contributed by atoms with Crippen molar-refractivity contribution in [3.63, 3.8) is 0 Å². The first kappa shape index (κ1) is 20.4. The standard InChI is InChI=1S/C22H24N6O3/c1-27(2)22(30)18-7-6-17(11-24-18)31-19-8-5-16(26-20-12-23-14-25-20)10-15(19)13-28-9-3-4-21(28)29/h5-8,10-12,14,26H,3-4,9,13H2,1-2H3,(H,23,25). The third-order valence-electron chi connectivity index (χ3n) is 4.95. The Morgan fingerprint density at radius 3 is 2.77 bits per heavy atom. The van der Waals surface area contributed by atoms with Crippen molar-refractivity contribution >= 4 is 23.3 Å². The van der Waals surface area contributed by atoms with Crippen molar-refractivity contribution in [3.05, 3.63) is 60.3 Å². The van der Waals surface area contributed by atoms with Gasteiger partial charge in [-0.1, -0.05) is 0 Å². The fourth-order valence-electron chi connectivity index (χ4n) is 3.36. The highest BCUT2D eigenvalue weighted by atomic mass is 16.5. The van der Waals surface area contributed by atoms with Gasteiger partial charge >= 0.3 is 0 Å². The maximum absolute atomic E-state index is 12.2. The molecule has 31 heavy (non-hydrogen) atoms. The lowest BCUT2D eigenvalue weighted by molar-refractivity contribution is -0.128. The number of nitrogens with one attached hydrogen (secondary N) is 2. The highest BCUT2D eigenvalue weighted by molar-refractivity contribution is 5.91. The van der Waals surface area contributed by atoms with Gasteiger partial charge in [0.2, 0.25) is 5.91 Å². The maximum Gasteiger partial charge on any atom is 0.271 e. The third-order valence-corrected chi connectivity index (χ3v) is 4.95. The van der Waals surface area contributed by atoms with E-state index in [-0.39, 0.29) is 11.8 Å². The fourth-order valence-corrected chi connectivity index (χ4v) is 3.36. The Labute approximate surface area is 180 Å². The molecule has 1 aliphatic heterocycles. The Morgan fingerprint density at radius 1 is 1.26 bits per heavy atom. The van der Waals surface area contributed by atoms with Gasteiger partial charge < -0.3 is 24.8 Å². The molecule has 3 heterocycles. The van der Waals surface area contributed by atoms with Crippen LogP contribution in [0.1, 0.15) is 28.9 Å². The molecule has 0 radical (unpaired) electrons. The summed E-state index contributed by atoms with van der Waals surface area (Å²) in [7, 11) is 3.36. The monoisotopic (exact) mass is 420 g/mol. The molecule has 2 N–H and O–H groups in total. The Kier molecular flexibility index (Phi) is 5.83. The number of carbonyl (C=O) groups excluding carboxylic acids is 2. The van der Waals surface area contributed by atoms with Gasteiger partial charge in [0.15, 0.2) is 0 Å². The van der Waals surface area contributed by atoms with E-state index in [1.54, 1.807) is 38.8 Å². The molecule has 1 saturated heterocycles. The summed E-state index contributed by atoms with van der Waals surface area (Å²) in [6, 6.07) is 9.03. The minimum atomic E-state index is -0.173. The van der Waals surface area contributed by atoms with E-state index in [2.05, 4.69) is 20.3 Å². The van der Waals surface area contributed by atoms with Crippen molar-refractivity contribution in [1.82, 2.24) is 24.8 Å². The highest BCUT2D eigenvalue weighted by Gasteiger charge is 2.22. The summed E-state index contributed by atoms with van der Waals surface area (Å²) in [6.07, 6.45) is 6.33. The van der Waals surface area contributed by atoms with Crippen LogP contribution in [0.2, 0.25) is 0 Å². The average Bonchev–Trinajstić information content (AvgIpc) is 3.42. The number of benzene rings is 1. The summed E-state index contributed by atoms with van der Waals surface area (Å²) < 4.78 is 6.07. The molecule has 1 aliphatic rings. The van der Waals surface area contributed by atoms with Crippen LogP contribution in [0.3, 0.4) is 0 Å². The summed E-state index contributed by atoms with van der Waals surface area (Å²) in [6.45, 7) is 1.19. The van der Waals surface area contributed by atoms with Crippen LogP contribution in [-0.2, 0) is 11.3 Å². The summed E-state index contributed by atoms with van der Waals surface area (Å²) >= 11 is 0. The van der Waals surface area contributed by atoms with Gasteiger partial charge in [-0.25, -0.2) is 9.97 Å². The quantitative estimate of drug-likeness (QED) is 0.609. The van der Waals surface area contributed by atoms with Crippen LogP contribution < -0.4 is 10.1 Å². The van der Waals surface area contributed by atoms with E-state index < -0.39 is 0 Å². The number of hydrogen-bond acceptors (Lipinski definition) is 6. The number of aromatic amines is 1. The Hall–Kier alpha value is -3.88. The van der Waals surface area contributed by atoms with E-state index >= 15 is 0 Å². The lowest BCUT2D eigenvalue weighted by atomic mass is 10.1. The molecule has 9 nitrogen and oxygen atoms in total. The van der Waals surface area contributed by atoms with Gasteiger partial charge in [-0.3, -0.25) is 9.59 Å². The first-order valence-corrected chi connectivity index (χ1v) is 10.0. The molecule has 0 atom stereocenters. The summed E-state index contributed by atoms with van der Waals surface area (Å²) in [4.78, 5) is 38.8. The van der Waals surface area contributed by atoms with Crippen molar-refractivity contribution in [2.24, 2.45) is 0 Å². The molecule has 9 heteroatoms. The van der Waals surface area contributed by atoms with Gasteiger partial charge in [0.1, 0.15) is 23.0 Å². The van der Waals surface area contributed by atoms with Gasteiger partial charge in [0.25, 0.3) is 5.91 Å². The van der Waals surface area contributed by atoms with Crippen molar-refractivity contribution in [2.45, 2.75) is 19.4 Å². The first-order chi connectivity index (χ1) is 15.0. The molecule has 4 rings (SSSR count). The smallest absolute Gasteiger partial charge is 0.271 e. The van der Waals surface area contributed by atoms with Crippen molar-refractivity contribution in [2.75, 3.05) is 26.0 Å². The maximum atomic E-state index is 12.2. The average molecular weight is 420 g/mol. The van der Waals surface area contributed by atoms with Gasteiger partial charge in [-0.15, -0.1) is 0 Å².